The maximum Gasteiger partial charge on any atom is 0.135 e. The first kappa shape index (κ1) is 11.2. The van der Waals surface area contributed by atoms with E-state index in [9.17, 15) is 0 Å². The third-order valence-electron chi connectivity index (χ3n) is 1.91. The minimum Gasteiger partial charge on any atom is -0.394 e. The third kappa shape index (κ3) is 3.45. The summed E-state index contributed by atoms with van der Waals surface area (Å²) in [7, 11) is 0. The Hall–Kier alpha value is -0.910. The fourth-order valence-electron chi connectivity index (χ4n) is 1.25. The van der Waals surface area contributed by atoms with Gasteiger partial charge in [0.1, 0.15) is 11.9 Å². The first-order chi connectivity index (χ1) is 6.88. The molecule has 0 bridgehead atoms. The zero-order valence-electron chi connectivity index (χ0n) is 8.15. The van der Waals surface area contributed by atoms with Crippen molar-refractivity contribution in [2.24, 2.45) is 5.73 Å². The normalized spacial score (nSPS) is 13.0. The highest BCUT2D eigenvalue weighted by atomic mass is 16.5. The lowest BCUT2D eigenvalue weighted by molar-refractivity contribution is 0.0178. The fourth-order valence-corrected chi connectivity index (χ4v) is 1.25. The van der Waals surface area contributed by atoms with Gasteiger partial charge in [-0.3, -0.25) is 0 Å². The number of aliphatic hydroxyl groups is 1. The van der Waals surface area contributed by atoms with Crippen molar-refractivity contribution in [3.63, 3.8) is 0 Å². The molecule has 5 nitrogen and oxygen atoms in total. The maximum absolute atomic E-state index is 8.66. The van der Waals surface area contributed by atoms with Gasteiger partial charge in [0.2, 0.25) is 0 Å². The van der Waals surface area contributed by atoms with Crippen LogP contribution in [0.3, 0.4) is 0 Å². The molecule has 0 fully saturated rings. The van der Waals surface area contributed by atoms with E-state index < -0.39 is 0 Å². The Bertz CT molecular complexity index is 218. The standard InChI is InChI=1S/C9H17N3O2/c10-3-1-2-8(14-7-6-13)9-11-4-5-12-9/h4-5,8,13H,1-3,6-7,10H2,(H,11,12). The summed E-state index contributed by atoms with van der Waals surface area (Å²) >= 11 is 0. The molecule has 0 amide bonds. The van der Waals surface area contributed by atoms with E-state index in [0.29, 0.717) is 13.2 Å². The monoisotopic (exact) mass is 199 g/mol. The van der Waals surface area contributed by atoms with Gasteiger partial charge in [-0.05, 0) is 19.4 Å². The molecule has 4 N–H and O–H groups in total. The zero-order chi connectivity index (χ0) is 10.2. The van der Waals surface area contributed by atoms with E-state index in [4.69, 9.17) is 15.6 Å². The Balaban J connectivity index is 2.44. The van der Waals surface area contributed by atoms with Crippen LogP contribution >= 0.6 is 0 Å². The second-order valence-electron chi connectivity index (χ2n) is 2.99. The molecule has 0 saturated carbocycles. The van der Waals surface area contributed by atoms with Gasteiger partial charge < -0.3 is 20.6 Å². The molecular weight excluding hydrogens is 182 g/mol. The van der Waals surface area contributed by atoms with Crippen LogP contribution in [0.2, 0.25) is 0 Å². The second-order valence-corrected chi connectivity index (χ2v) is 2.99. The first-order valence-corrected chi connectivity index (χ1v) is 4.80. The van der Waals surface area contributed by atoms with Crippen molar-refractivity contribution in [3.8, 4) is 0 Å². The number of aromatic nitrogens is 2. The highest BCUT2D eigenvalue weighted by Gasteiger charge is 2.13. The number of nitrogens with one attached hydrogen (secondary N) is 1. The van der Waals surface area contributed by atoms with Crippen LogP contribution in [0.1, 0.15) is 24.8 Å². The lowest BCUT2D eigenvalue weighted by atomic mass is 10.2. The van der Waals surface area contributed by atoms with E-state index in [1.165, 1.54) is 0 Å². The van der Waals surface area contributed by atoms with Gasteiger partial charge in [-0.1, -0.05) is 0 Å². The van der Waals surface area contributed by atoms with E-state index >= 15 is 0 Å². The van der Waals surface area contributed by atoms with Crippen LogP contribution in [0.4, 0.5) is 0 Å². The van der Waals surface area contributed by atoms with Crippen LogP contribution in [-0.4, -0.2) is 34.8 Å². The van der Waals surface area contributed by atoms with Crippen LogP contribution in [-0.2, 0) is 4.74 Å². The number of rotatable bonds is 7. The molecule has 1 heterocycles. The van der Waals surface area contributed by atoms with E-state index in [0.717, 1.165) is 18.7 Å². The summed E-state index contributed by atoms with van der Waals surface area (Å²) < 4.78 is 5.44. The van der Waals surface area contributed by atoms with Gasteiger partial charge in [0.15, 0.2) is 0 Å². The highest BCUT2D eigenvalue weighted by Crippen LogP contribution is 2.18. The molecule has 0 aliphatic rings. The molecule has 1 rings (SSSR count). The molecule has 1 atom stereocenters. The minimum atomic E-state index is -0.0827. The van der Waals surface area contributed by atoms with Crippen LogP contribution in [0.15, 0.2) is 12.4 Å². The summed E-state index contributed by atoms with van der Waals surface area (Å²) in [6, 6.07) is 0. The lowest BCUT2D eigenvalue weighted by Gasteiger charge is -2.14. The average molecular weight is 199 g/mol. The Morgan fingerprint density at radius 3 is 3.07 bits per heavy atom. The number of hydrogen-bond donors (Lipinski definition) is 3. The quantitative estimate of drug-likeness (QED) is 0.585. The Morgan fingerprint density at radius 1 is 1.64 bits per heavy atom. The SMILES string of the molecule is NCCCC(OCCO)c1ncc[nH]1. The summed E-state index contributed by atoms with van der Waals surface area (Å²) in [4.78, 5) is 7.12. The molecule has 0 aliphatic carbocycles. The largest absolute Gasteiger partial charge is 0.394 e. The zero-order valence-corrected chi connectivity index (χ0v) is 8.15. The number of H-pyrrole nitrogens is 1. The number of nitrogens with zero attached hydrogens (tertiary/aromatic N) is 1. The van der Waals surface area contributed by atoms with Crippen molar-refractivity contribution in [2.45, 2.75) is 18.9 Å². The topological polar surface area (TPSA) is 84.2 Å². The first-order valence-electron chi connectivity index (χ1n) is 4.80. The number of hydrogen-bond acceptors (Lipinski definition) is 4. The number of aromatic amines is 1. The summed E-state index contributed by atoms with van der Waals surface area (Å²) in [5.41, 5.74) is 5.42. The van der Waals surface area contributed by atoms with E-state index in [1.54, 1.807) is 12.4 Å². The Kier molecular flexibility index (Phi) is 5.21. The van der Waals surface area contributed by atoms with Crippen molar-refractivity contribution in [2.75, 3.05) is 19.8 Å². The van der Waals surface area contributed by atoms with Crippen molar-refractivity contribution < 1.29 is 9.84 Å². The number of nitrogens with two attached hydrogens (primary N) is 1. The van der Waals surface area contributed by atoms with Crippen molar-refractivity contribution in [3.05, 3.63) is 18.2 Å². The van der Waals surface area contributed by atoms with Gasteiger partial charge in [0.05, 0.1) is 13.2 Å². The minimum absolute atomic E-state index is 0.0276. The van der Waals surface area contributed by atoms with Gasteiger partial charge in [-0.2, -0.15) is 0 Å². The van der Waals surface area contributed by atoms with Crippen molar-refractivity contribution in [1.82, 2.24) is 9.97 Å². The summed E-state index contributed by atoms with van der Waals surface area (Å²) in [6.07, 6.45) is 5.07. The lowest BCUT2D eigenvalue weighted by Crippen LogP contribution is -2.11. The molecule has 14 heavy (non-hydrogen) atoms. The number of ether oxygens (including phenoxy) is 1. The summed E-state index contributed by atoms with van der Waals surface area (Å²) in [5, 5.41) is 8.66. The van der Waals surface area contributed by atoms with Crippen LogP contribution in [0, 0.1) is 0 Å². The molecule has 1 aromatic rings. The summed E-state index contributed by atoms with van der Waals surface area (Å²) in [5.74, 6) is 0.798. The van der Waals surface area contributed by atoms with Gasteiger partial charge in [-0.25, -0.2) is 4.98 Å². The third-order valence-corrected chi connectivity index (χ3v) is 1.91. The van der Waals surface area contributed by atoms with Gasteiger partial charge >= 0.3 is 0 Å². The van der Waals surface area contributed by atoms with Gasteiger partial charge in [0, 0.05) is 12.4 Å². The number of aliphatic hydroxyl groups excluding tert-OH is 1. The Labute approximate surface area is 83.3 Å². The predicted molar refractivity (Wildman–Crippen MR) is 52.7 cm³/mol. The number of imidazole rings is 1. The second kappa shape index (κ2) is 6.53. The van der Waals surface area contributed by atoms with Crippen LogP contribution in [0.25, 0.3) is 0 Å². The van der Waals surface area contributed by atoms with E-state index in [1.807, 2.05) is 0 Å². The smallest absolute Gasteiger partial charge is 0.135 e. The molecule has 80 valence electrons. The van der Waals surface area contributed by atoms with E-state index in [-0.39, 0.29) is 12.7 Å². The molecular formula is C9H17N3O2. The van der Waals surface area contributed by atoms with Crippen molar-refractivity contribution >= 4 is 0 Å². The average Bonchev–Trinajstić information content (AvgIpc) is 2.71. The highest BCUT2D eigenvalue weighted by molar-refractivity contribution is 4.92. The molecule has 0 aliphatic heterocycles. The Morgan fingerprint density at radius 2 is 2.50 bits per heavy atom. The molecule has 0 saturated heterocycles. The molecule has 0 aromatic carbocycles. The fraction of sp³-hybridized carbons (Fsp3) is 0.667. The van der Waals surface area contributed by atoms with Crippen molar-refractivity contribution in [1.29, 1.82) is 0 Å². The molecule has 5 heteroatoms. The molecule has 1 aromatic heterocycles. The van der Waals surface area contributed by atoms with Crippen LogP contribution in [0.5, 0.6) is 0 Å². The van der Waals surface area contributed by atoms with E-state index in [2.05, 4.69) is 9.97 Å². The molecule has 1 unspecified atom stereocenters. The van der Waals surface area contributed by atoms with Gasteiger partial charge in [0.25, 0.3) is 0 Å². The summed E-state index contributed by atoms with van der Waals surface area (Å²) in [6.45, 7) is 0.996. The maximum atomic E-state index is 8.66. The molecule has 0 radical (unpaired) electrons. The molecule has 0 spiro atoms. The van der Waals surface area contributed by atoms with Crippen LogP contribution < -0.4 is 5.73 Å². The predicted octanol–water partition coefficient (Wildman–Crippen LogP) is 0.199. The van der Waals surface area contributed by atoms with Gasteiger partial charge in [-0.15, -0.1) is 0 Å².